The first-order valence-electron chi connectivity index (χ1n) is 5.65. The molecule has 0 amide bonds. The van der Waals surface area contributed by atoms with Crippen LogP contribution in [-0.4, -0.2) is 6.61 Å². The van der Waals surface area contributed by atoms with Crippen molar-refractivity contribution < 1.29 is 9.30 Å². The van der Waals surface area contributed by atoms with Gasteiger partial charge in [0.1, 0.15) is 7.05 Å². The molecule has 1 aromatic carbocycles. The van der Waals surface area contributed by atoms with E-state index in [0.717, 1.165) is 5.06 Å². The fourth-order valence-corrected chi connectivity index (χ4v) is 2.44. The lowest BCUT2D eigenvalue weighted by Gasteiger charge is -1.91. The summed E-state index contributed by atoms with van der Waals surface area (Å²) in [6, 6.07) is 10.3. The van der Waals surface area contributed by atoms with Crippen molar-refractivity contribution in [3.05, 3.63) is 47.1 Å². The highest BCUT2D eigenvalue weighted by Crippen LogP contribution is 2.21. The van der Waals surface area contributed by atoms with E-state index in [9.17, 15) is 0 Å². The van der Waals surface area contributed by atoms with E-state index < -0.39 is 0 Å². The summed E-state index contributed by atoms with van der Waals surface area (Å²) in [5.41, 5.74) is 1.21. The standard InChI is InChI=1S/C14H16NOS/c1-3-16-14-11-15(2)13(17-14)10-9-12-7-5-4-6-8-12/h4-11H,3H2,1-2H3/q+1. The van der Waals surface area contributed by atoms with Gasteiger partial charge in [0.25, 0.3) is 5.01 Å². The van der Waals surface area contributed by atoms with E-state index in [-0.39, 0.29) is 0 Å². The molecule has 0 saturated heterocycles. The Balaban J connectivity index is 2.16. The van der Waals surface area contributed by atoms with Crippen LogP contribution in [0, 0.1) is 0 Å². The summed E-state index contributed by atoms with van der Waals surface area (Å²) in [5.74, 6) is 0. The molecule has 1 heterocycles. The van der Waals surface area contributed by atoms with Gasteiger partial charge in [-0.15, -0.1) is 0 Å². The second kappa shape index (κ2) is 5.64. The Hall–Kier alpha value is -1.61. The minimum atomic E-state index is 0.711. The van der Waals surface area contributed by atoms with Gasteiger partial charge in [0, 0.05) is 6.08 Å². The number of benzene rings is 1. The number of aromatic nitrogens is 1. The van der Waals surface area contributed by atoms with Crippen LogP contribution in [0.5, 0.6) is 5.06 Å². The Morgan fingerprint density at radius 2 is 2.00 bits per heavy atom. The zero-order valence-electron chi connectivity index (χ0n) is 10.1. The van der Waals surface area contributed by atoms with Crippen molar-refractivity contribution in [3.63, 3.8) is 0 Å². The first-order valence-corrected chi connectivity index (χ1v) is 6.46. The Kier molecular flexibility index (Phi) is 3.94. The largest absolute Gasteiger partial charge is 0.480 e. The van der Waals surface area contributed by atoms with Crippen LogP contribution in [0.3, 0.4) is 0 Å². The lowest BCUT2D eigenvalue weighted by atomic mass is 10.2. The van der Waals surface area contributed by atoms with Gasteiger partial charge in [0.15, 0.2) is 0 Å². The summed E-state index contributed by atoms with van der Waals surface area (Å²) in [4.78, 5) is 0. The normalized spacial score (nSPS) is 10.9. The maximum atomic E-state index is 5.48. The highest BCUT2D eigenvalue weighted by atomic mass is 32.1. The smallest absolute Gasteiger partial charge is 0.264 e. The monoisotopic (exact) mass is 246 g/mol. The summed E-state index contributed by atoms with van der Waals surface area (Å²) >= 11 is 1.66. The number of nitrogens with zero attached hydrogens (tertiary/aromatic N) is 1. The average Bonchev–Trinajstić information content (AvgIpc) is 2.69. The maximum Gasteiger partial charge on any atom is 0.264 e. The molecule has 0 radical (unpaired) electrons. The number of aryl methyl sites for hydroxylation is 1. The fraction of sp³-hybridized carbons (Fsp3) is 0.214. The van der Waals surface area contributed by atoms with Crippen molar-refractivity contribution in [2.45, 2.75) is 6.92 Å². The Labute approximate surface area is 106 Å². The van der Waals surface area contributed by atoms with Crippen LogP contribution in [-0.2, 0) is 7.05 Å². The third kappa shape index (κ3) is 3.17. The SMILES string of the molecule is CCOc1c[n+](C)c(C=Cc2ccccc2)s1. The molecule has 0 spiro atoms. The van der Waals surface area contributed by atoms with Crippen molar-refractivity contribution >= 4 is 23.5 Å². The molecule has 3 heteroatoms. The Morgan fingerprint density at radius 1 is 1.24 bits per heavy atom. The first kappa shape index (κ1) is 11.9. The maximum absolute atomic E-state index is 5.48. The molecule has 0 saturated carbocycles. The van der Waals surface area contributed by atoms with Crippen LogP contribution in [0.4, 0.5) is 0 Å². The van der Waals surface area contributed by atoms with Crippen LogP contribution in [0.15, 0.2) is 36.5 Å². The minimum absolute atomic E-state index is 0.711. The number of rotatable bonds is 4. The number of thiazole rings is 1. The van der Waals surface area contributed by atoms with Gasteiger partial charge in [-0.25, -0.2) is 0 Å². The minimum Gasteiger partial charge on any atom is -0.480 e. The quantitative estimate of drug-likeness (QED) is 0.755. The molecule has 2 nitrogen and oxygen atoms in total. The summed E-state index contributed by atoms with van der Waals surface area (Å²) in [6.45, 7) is 2.71. The summed E-state index contributed by atoms with van der Waals surface area (Å²) < 4.78 is 7.56. The molecule has 88 valence electrons. The topological polar surface area (TPSA) is 13.1 Å². The van der Waals surface area contributed by atoms with E-state index in [1.165, 1.54) is 10.6 Å². The van der Waals surface area contributed by atoms with E-state index in [2.05, 4.69) is 28.9 Å². The number of hydrogen-bond donors (Lipinski definition) is 0. The summed E-state index contributed by atoms with van der Waals surface area (Å²) in [5, 5.41) is 2.14. The zero-order chi connectivity index (χ0) is 12.1. The third-order valence-corrected chi connectivity index (χ3v) is 3.41. The summed E-state index contributed by atoms with van der Waals surface area (Å²) in [6.07, 6.45) is 6.24. The molecule has 0 N–H and O–H groups in total. The molecule has 0 aliphatic heterocycles. The molecular weight excluding hydrogens is 230 g/mol. The van der Waals surface area contributed by atoms with Crippen LogP contribution < -0.4 is 9.30 Å². The van der Waals surface area contributed by atoms with Gasteiger partial charge in [-0.1, -0.05) is 30.3 Å². The van der Waals surface area contributed by atoms with Crippen molar-refractivity contribution in [3.8, 4) is 5.06 Å². The van der Waals surface area contributed by atoms with Crippen LogP contribution in [0.2, 0.25) is 0 Å². The van der Waals surface area contributed by atoms with Crippen molar-refractivity contribution in [1.29, 1.82) is 0 Å². The Bertz CT molecular complexity index is 502. The van der Waals surface area contributed by atoms with Crippen LogP contribution in [0.1, 0.15) is 17.5 Å². The second-order valence-electron chi connectivity index (χ2n) is 3.68. The molecule has 0 unspecified atom stereocenters. The van der Waals surface area contributed by atoms with E-state index >= 15 is 0 Å². The molecule has 0 atom stereocenters. The molecule has 0 aliphatic carbocycles. The fourth-order valence-electron chi connectivity index (χ4n) is 1.52. The van der Waals surface area contributed by atoms with Gasteiger partial charge in [0.05, 0.1) is 6.61 Å². The molecule has 17 heavy (non-hydrogen) atoms. The van der Waals surface area contributed by atoms with E-state index in [1.807, 2.05) is 38.4 Å². The van der Waals surface area contributed by atoms with E-state index in [0.29, 0.717) is 6.61 Å². The van der Waals surface area contributed by atoms with Gasteiger partial charge in [-0.05, 0) is 29.9 Å². The van der Waals surface area contributed by atoms with Crippen molar-refractivity contribution in [2.75, 3.05) is 6.61 Å². The zero-order valence-corrected chi connectivity index (χ0v) is 10.9. The molecule has 1 aromatic heterocycles. The lowest BCUT2D eigenvalue weighted by Crippen LogP contribution is -2.27. The number of ether oxygens (including phenoxy) is 1. The molecular formula is C14H16NOS+. The van der Waals surface area contributed by atoms with Crippen molar-refractivity contribution in [2.24, 2.45) is 7.05 Å². The predicted molar refractivity (Wildman–Crippen MR) is 72.0 cm³/mol. The molecule has 2 aromatic rings. The molecule has 0 fully saturated rings. The lowest BCUT2D eigenvalue weighted by molar-refractivity contribution is -0.668. The third-order valence-electron chi connectivity index (χ3n) is 2.36. The van der Waals surface area contributed by atoms with Crippen molar-refractivity contribution in [1.82, 2.24) is 0 Å². The van der Waals surface area contributed by atoms with Gasteiger partial charge in [0.2, 0.25) is 11.3 Å². The predicted octanol–water partition coefficient (Wildman–Crippen LogP) is 3.14. The highest BCUT2D eigenvalue weighted by Gasteiger charge is 2.10. The van der Waals surface area contributed by atoms with E-state index in [1.54, 1.807) is 11.3 Å². The van der Waals surface area contributed by atoms with Gasteiger partial charge >= 0.3 is 0 Å². The second-order valence-corrected chi connectivity index (χ2v) is 4.70. The van der Waals surface area contributed by atoms with E-state index in [4.69, 9.17) is 4.74 Å². The van der Waals surface area contributed by atoms with Gasteiger partial charge in [-0.2, -0.15) is 4.57 Å². The highest BCUT2D eigenvalue weighted by molar-refractivity contribution is 7.13. The van der Waals surface area contributed by atoms with Gasteiger partial charge < -0.3 is 4.74 Å². The van der Waals surface area contributed by atoms with Crippen LogP contribution >= 0.6 is 11.3 Å². The number of hydrogen-bond acceptors (Lipinski definition) is 2. The Morgan fingerprint density at radius 3 is 2.71 bits per heavy atom. The first-order chi connectivity index (χ1) is 8.29. The molecule has 0 bridgehead atoms. The molecule has 2 rings (SSSR count). The van der Waals surface area contributed by atoms with Crippen LogP contribution in [0.25, 0.3) is 12.2 Å². The average molecular weight is 246 g/mol. The molecule has 0 aliphatic rings. The van der Waals surface area contributed by atoms with Gasteiger partial charge in [-0.3, -0.25) is 0 Å². The summed E-state index contributed by atoms with van der Waals surface area (Å²) in [7, 11) is 2.03.